The molecule has 142 valence electrons. The van der Waals surface area contributed by atoms with Gasteiger partial charge < -0.3 is 10.2 Å². The van der Waals surface area contributed by atoms with Crippen LogP contribution in [0.5, 0.6) is 0 Å². The van der Waals surface area contributed by atoms with E-state index in [1.807, 2.05) is 25.2 Å². The molecule has 1 N–H and O–H groups in total. The van der Waals surface area contributed by atoms with E-state index >= 15 is 0 Å². The van der Waals surface area contributed by atoms with Gasteiger partial charge in [-0.3, -0.25) is 0 Å². The molecule has 0 radical (unpaired) electrons. The lowest BCUT2D eigenvalue weighted by Gasteiger charge is -2.24. The molecule has 1 heterocycles. The molecule has 0 bridgehead atoms. The molecule has 0 fully saturated rings. The lowest BCUT2D eigenvalue weighted by atomic mass is 10.1. The molecule has 3 aromatic rings. The van der Waals surface area contributed by atoms with Crippen molar-refractivity contribution in [2.24, 2.45) is 10.2 Å². The van der Waals surface area contributed by atoms with Gasteiger partial charge in [0.05, 0.1) is 11.4 Å². The zero-order valence-electron chi connectivity index (χ0n) is 16.2. The van der Waals surface area contributed by atoms with Crippen LogP contribution in [0.1, 0.15) is 23.7 Å². The number of azo groups is 1. The van der Waals surface area contributed by atoms with E-state index in [-0.39, 0.29) is 0 Å². The van der Waals surface area contributed by atoms with Crippen molar-refractivity contribution in [3.05, 3.63) is 65.4 Å². The van der Waals surface area contributed by atoms with Gasteiger partial charge in [0.1, 0.15) is 17.3 Å². The first kappa shape index (κ1) is 19.5. The van der Waals surface area contributed by atoms with Gasteiger partial charge in [-0.2, -0.15) is 9.64 Å². The molecule has 3 rings (SSSR count). The minimum absolute atomic E-state index is 0.483. The lowest BCUT2D eigenvalue weighted by molar-refractivity contribution is 0.832. The molecule has 0 saturated heterocycles. The van der Waals surface area contributed by atoms with Crippen molar-refractivity contribution in [1.82, 2.24) is 4.37 Å². The van der Waals surface area contributed by atoms with Gasteiger partial charge in [-0.05, 0) is 49.1 Å². The van der Waals surface area contributed by atoms with Crippen molar-refractivity contribution < 1.29 is 0 Å². The van der Waals surface area contributed by atoms with Crippen LogP contribution in [0.3, 0.4) is 0 Å². The fourth-order valence-corrected chi connectivity index (χ4v) is 3.53. The van der Waals surface area contributed by atoms with Crippen LogP contribution in [0.15, 0.2) is 58.8 Å². The van der Waals surface area contributed by atoms with Crippen LogP contribution in [0.2, 0.25) is 0 Å². The first-order chi connectivity index (χ1) is 13.7. The zero-order valence-corrected chi connectivity index (χ0v) is 17.0. The standard InChI is InChI=1S/C21H22N6S/c1-4-27(14-16-8-6-5-7-9-16)17-10-11-19(20(12-17)23-3)24-25-21-18(13-22)15(2)26-28-21/h5-12,23H,4,14H2,1-3H3. The van der Waals surface area contributed by atoms with E-state index in [1.165, 1.54) is 17.1 Å². The minimum atomic E-state index is 0.483. The molecule has 1 aromatic heterocycles. The molecule has 0 spiro atoms. The molecular weight excluding hydrogens is 368 g/mol. The van der Waals surface area contributed by atoms with Crippen molar-refractivity contribution in [2.45, 2.75) is 20.4 Å². The number of aromatic nitrogens is 1. The topological polar surface area (TPSA) is 76.7 Å². The summed E-state index contributed by atoms with van der Waals surface area (Å²) in [5.74, 6) is 0. The van der Waals surface area contributed by atoms with Gasteiger partial charge in [0.15, 0.2) is 5.00 Å². The Morgan fingerprint density at radius 1 is 1.18 bits per heavy atom. The van der Waals surface area contributed by atoms with Gasteiger partial charge in [-0.25, -0.2) is 0 Å². The zero-order chi connectivity index (χ0) is 19.9. The van der Waals surface area contributed by atoms with Gasteiger partial charge >= 0.3 is 0 Å². The first-order valence-electron chi connectivity index (χ1n) is 9.05. The Hall–Kier alpha value is -3.24. The summed E-state index contributed by atoms with van der Waals surface area (Å²) in [6.45, 7) is 5.68. The van der Waals surface area contributed by atoms with Crippen LogP contribution in [0, 0.1) is 18.3 Å². The fraction of sp³-hybridized carbons (Fsp3) is 0.238. The molecule has 0 amide bonds. The second-order valence-corrected chi connectivity index (χ2v) is 6.96. The highest BCUT2D eigenvalue weighted by Crippen LogP contribution is 2.34. The van der Waals surface area contributed by atoms with E-state index < -0.39 is 0 Å². The number of hydrogen-bond donors (Lipinski definition) is 1. The van der Waals surface area contributed by atoms with E-state index in [0.29, 0.717) is 16.3 Å². The summed E-state index contributed by atoms with van der Waals surface area (Å²) in [5, 5.41) is 21.5. The maximum absolute atomic E-state index is 9.23. The Bertz CT molecular complexity index is 1000. The molecule has 0 aliphatic rings. The van der Waals surface area contributed by atoms with Gasteiger partial charge in [-0.1, -0.05) is 30.3 Å². The number of nitrogens with zero attached hydrogens (tertiary/aromatic N) is 5. The lowest BCUT2D eigenvalue weighted by Crippen LogP contribution is -2.21. The number of benzene rings is 2. The van der Waals surface area contributed by atoms with Crippen LogP contribution in [0.25, 0.3) is 0 Å². The number of hydrogen-bond acceptors (Lipinski definition) is 7. The van der Waals surface area contributed by atoms with E-state index in [1.54, 1.807) is 6.92 Å². The number of nitriles is 1. The Morgan fingerprint density at radius 2 is 1.96 bits per heavy atom. The largest absolute Gasteiger partial charge is 0.386 e. The van der Waals surface area contributed by atoms with Crippen LogP contribution >= 0.6 is 11.5 Å². The van der Waals surface area contributed by atoms with E-state index in [0.717, 1.165) is 30.2 Å². The number of rotatable bonds is 7. The van der Waals surface area contributed by atoms with Crippen molar-refractivity contribution >= 4 is 33.6 Å². The summed E-state index contributed by atoms with van der Waals surface area (Å²) in [6, 6.07) is 18.6. The molecular formula is C21H22N6S. The molecule has 0 aliphatic heterocycles. The second kappa shape index (κ2) is 9.11. The Labute approximate surface area is 169 Å². The van der Waals surface area contributed by atoms with E-state index in [4.69, 9.17) is 0 Å². The van der Waals surface area contributed by atoms with Crippen LogP contribution < -0.4 is 10.2 Å². The maximum Gasteiger partial charge on any atom is 0.176 e. The molecule has 0 unspecified atom stereocenters. The number of anilines is 2. The van der Waals surface area contributed by atoms with Gasteiger partial charge in [0, 0.05) is 25.8 Å². The van der Waals surface area contributed by atoms with Crippen molar-refractivity contribution in [3.63, 3.8) is 0 Å². The van der Waals surface area contributed by atoms with Gasteiger partial charge in [-0.15, -0.1) is 10.2 Å². The predicted octanol–water partition coefficient (Wildman–Crippen LogP) is 5.81. The summed E-state index contributed by atoms with van der Waals surface area (Å²) in [4.78, 5) is 2.30. The first-order valence-corrected chi connectivity index (χ1v) is 9.82. The van der Waals surface area contributed by atoms with Crippen LogP contribution in [-0.4, -0.2) is 18.0 Å². The SMILES string of the molecule is CCN(Cc1ccccc1)c1ccc(N=Nc2snc(C)c2C#N)c(NC)c1. The van der Waals surface area contributed by atoms with Crippen molar-refractivity contribution in [2.75, 3.05) is 23.8 Å². The van der Waals surface area contributed by atoms with Gasteiger partial charge in [0.2, 0.25) is 0 Å². The van der Waals surface area contributed by atoms with E-state index in [2.05, 4.69) is 68.1 Å². The van der Waals surface area contributed by atoms with Crippen molar-refractivity contribution in [1.29, 1.82) is 5.26 Å². The van der Waals surface area contributed by atoms with Crippen LogP contribution in [0.4, 0.5) is 22.1 Å². The normalized spacial score (nSPS) is 10.8. The third kappa shape index (κ3) is 4.35. The number of nitrogens with one attached hydrogen (secondary N) is 1. The summed E-state index contributed by atoms with van der Waals surface area (Å²) in [5.41, 5.74) is 5.15. The minimum Gasteiger partial charge on any atom is -0.386 e. The number of aryl methyl sites for hydroxylation is 1. The van der Waals surface area contributed by atoms with Crippen LogP contribution in [-0.2, 0) is 6.54 Å². The molecule has 7 heteroatoms. The monoisotopic (exact) mass is 390 g/mol. The molecule has 0 aliphatic carbocycles. The maximum atomic E-state index is 9.23. The fourth-order valence-electron chi connectivity index (χ4n) is 2.85. The summed E-state index contributed by atoms with van der Waals surface area (Å²) in [7, 11) is 1.86. The average molecular weight is 391 g/mol. The third-order valence-corrected chi connectivity index (χ3v) is 5.24. The highest BCUT2D eigenvalue weighted by Gasteiger charge is 2.11. The molecule has 6 nitrogen and oxygen atoms in total. The molecule has 2 aromatic carbocycles. The molecule has 28 heavy (non-hydrogen) atoms. The Balaban J connectivity index is 1.85. The predicted molar refractivity (Wildman–Crippen MR) is 115 cm³/mol. The van der Waals surface area contributed by atoms with Crippen molar-refractivity contribution in [3.8, 4) is 6.07 Å². The Morgan fingerprint density at radius 3 is 2.64 bits per heavy atom. The Kier molecular flexibility index (Phi) is 6.35. The summed E-state index contributed by atoms with van der Waals surface area (Å²) in [6.07, 6.45) is 0. The molecule has 0 atom stereocenters. The second-order valence-electron chi connectivity index (χ2n) is 6.21. The highest BCUT2D eigenvalue weighted by molar-refractivity contribution is 7.10. The highest BCUT2D eigenvalue weighted by atomic mass is 32.1. The average Bonchev–Trinajstić information content (AvgIpc) is 3.10. The van der Waals surface area contributed by atoms with Gasteiger partial charge in [0.25, 0.3) is 0 Å². The smallest absolute Gasteiger partial charge is 0.176 e. The van der Waals surface area contributed by atoms with E-state index in [9.17, 15) is 5.26 Å². The quantitative estimate of drug-likeness (QED) is 0.517. The third-order valence-electron chi connectivity index (χ3n) is 4.42. The summed E-state index contributed by atoms with van der Waals surface area (Å²) < 4.78 is 4.17. The molecule has 0 saturated carbocycles. The summed E-state index contributed by atoms with van der Waals surface area (Å²) >= 11 is 1.18.